The molecule has 2 N–H and O–H groups in total. The van der Waals surface area contributed by atoms with Crippen molar-refractivity contribution in [2.24, 2.45) is 0 Å². The summed E-state index contributed by atoms with van der Waals surface area (Å²) in [6.07, 6.45) is 3.53. The standard InChI is InChI=1S/C15H15N3O5S2/c1-2-23-14(20)8-7-13(19)17-11-3-5-12(6-4-11)25(21,22)18-15-16-9-10-24-15/h3-10H,2H2,1H3,(H,16,18)(H,17,19)/b8-7+. The number of esters is 1. The smallest absolute Gasteiger partial charge is 0.330 e. The zero-order valence-corrected chi connectivity index (χ0v) is 14.8. The first-order valence-electron chi connectivity index (χ1n) is 7.09. The molecule has 8 nitrogen and oxygen atoms in total. The fourth-order valence-corrected chi connectivity index (χ4v) is 3.47. The highest BCUT2D eigenvalue weighted by Gasteiger charge is 2.15. The Hall–Kier alpha value is -2.72. The maximum Gasteiger partial charge on any atom is 0.330 e. The fourth-order valence-electron chi connectivity index (χ4n) is 1.68. The topological polar surface area (TPSA) is 114 Å². The van der Waals surface area contributed by atoms with E-state index in [2.05, 4.69) is 19.8 Å². The van der Waals surface area contributed by atoms with Crippen molar-refractivity contribution in [2.45, 2.75) is 11.8 Å². The molecule has 1 heterocycles. The monoisotopic (exact) mass is 381 g/mol. The Morgan fingerprint density at radius 2 is 1.96 bits per heavy atom. The lowest BCUT2D eigenvalue weighted by atomic mass is 10.3. The zero-order chi connectivity index (χ0) is 18.3. The molecular formula is C15H15N3O5S2. The highest BCUT2D eigenvalue weighted by atomic mass is 32.2. The van der Waals surface area contributed by atoms with Crippen molar-refractivity contribution in [3.05, 3.63) is 48.0 Å². The molecule has 0 aliphatic heterocycles. The molecule has 1 amide bonds. The number of hydrogen-bond donors (Lipinski definition) is 2. The average Bonchev–Trinajstić information content (AvgIpc) is 3.06. The van der Waals surface area contributed by atoms with Crippen LogP contribution in [0.1, 0.15) is 6.92 Å². The van der Waals surface area contributed by atoms with Gasteiger partial charge in [-0.05, 0) is 31.2 Å². The van der Waals surface area contributed by atoms with Gasteiger partial charge in [0, 0.05) is 29.4 Å². The van der Waals surface area contributed by atoms with Crippen molar-refractivity contribution in [1.82, 2.24) is 4.98 Å². The summed E-state index contributed by atoms with van der Waals surface area (Å²) in [6.45, 7) is 1.88. The first-order valence-corrected chi connectivity index (χ1v) is 9.45. The molecule has 0 bridgehead atoms. The van der Waals surface area contributed by atoms with Crippen LogP contribution in [0.25, 0.3) is 0 Å². The highest BCUT2D eigenvalue weighted by molar-refractivity contribution is 7.93. The molecule has 0 radical (unpaired) electrons. The number of amides is 1. The fraction of sp³-hybridized carbons (Fsp3) is 0.133. The van der Waals surface area contributed by atoms with Gasteiger partial charge in [0.2, 0.25) is 5.91 Å². The van der Waals surface area contributed by atoms with Crippen molar-refractivity contribution in [3.8, 4) is 0 Å². The molecule has 2 rings (SSSR count). The summed E-state index contributed by atoms with van der Waals surface area (Å²) in [5.41, 5.74) is 0.381. The van der Waals surface area contributed by atoms with E-state index >= 15 is 0 Å². The van der Waals surface area contributed by atoms with Crippen LogP contribution >= 0.6 is 11.3 Å². The van der Waals surface area contributed by atoms with Gasteiger partial charge in [-0.15, -0.1) is 11.3 Å². The number of sulfonamides is 1. The van der Waals surface area contributed by atoms with Crippen LogP contribution in [0.15, 0.2) is 52.9 Å². The van der Waals surface area contributed by atoms with Gasteiger partial charge in [-0.1, -0.05) is 0 Å². The quantitative estimate of drug-likeness (QED) is 0.560. The Balaban J connectivity index is 2.00. The third kappa shape index (κ3) is 5.69. The van der Waals surface area contributed by atoms with Crippen LogP contribution in [0.4, 0.5) is 10.8 Å². The van der Waals surface area contributed by atoms with Crippen molar-refractivity contribution < 1.29 is 22.7 Å². The van der Waals surface area contributed by atoms with Crippen LogP contribution < -0.4 is 10.0 Å². The van der Waals surface area contributed by atoms with Gasteiger partial charge in [-0.2, -0.15) is 0 Å². The molecule has 132 valence electrons. The minimum Gasteiger partial charge on any atom is -0.463 e. The maximum atomic E-state index is 12.2. The van der Waals surface area contributed by atoms with E-state index in [1.54, 1.807) is 12.3 Å². The third-order valence-corrected chi connectivity index (χ3v) is 4.92. The van der Waals surface area contributed by atoms with Gasteiger partial charge in [0.15, 0.2) is 5.13 Å². The van der Waals surface area contributed by atoms with Gasteiger partial charge in [-0.25, -0.2) is 18.2 Å². The van der Waals surface area contributed by atoms with Gasteiger partial charge < -0.3 is 10.1 Å². The number of carbonyl (C=O) groups excluding carboxylic acids is 2. The van der Waals surface area contributed by atoms with Gasteiger partial charge in [0.25, 0.3) is 10.0 Å². The van der Waals surface area contributed by atoms with Crippen LogP contribution in [0.5, 0.6) is 0 Å². The molecule has 0 fully saturated rings. The average molecular weight is 381 g/mol. The minimum absolute atomic E-state index is 0.0303. The Bertz CT molecular complexity index is 859. The lowest BCUT2D eigenvalue weighted by molar-refractivity contribution is -0.137. The minimum atomic E-state index is -3.75. The largest absolute Gasteiger partial charge is 0.463 e. The van der Waals surface area contributed by atoms with Crippen LogP contribution in [-0.4, -0.2) is 31.9 Å². The Labute approximate surface area is 148 Å². The summed E-state index contributed by atoms with van der Waals surface area (Å²) in [6, 6.07) is 5.57. The van der Waals surface area contributed by atoms with Gasteiger partial charge in [-0.3, -0.25) is 9.52 Å². The Kier molecular flexibility index (Phi) is 6.25. The molecule has 0 unspecified atom stereocenters. The summed E-state index contributed by atoms with van der Waals surface area (Å²) in [4.78, 5) is 26.7. The summed E-state index contributed by atoms with van der Waals surface area (Å²) >= 11 is 1.16. The number of thiazole rings is 1. The SMILES string of the molecule is CCOC(=O)/C=C/C(=O)Nc1ccc(S(=O)(=O)Nc2nccs2)cc1. The lowest BCUT2D eigenvalue weighted by Gasteiger charge is -2.07. The summed E-state index contributed by atoms with van der Waals surface area (Å²) in [5.74, 6) is -1.16. The normalized spacial score (nSPS) is 11.2. The molecular weight excluding hydrogens is 366 g/mol. The van der Waals surface area contributed by atoms with E-state index in [0.29, 0.717) is 5.69 Å². The molecule has 0 aliphatic carbocycles. The first-order chi connectivity index (χ1) is 11.9. The van der Waals surface area contributed by atoms with E-state index in [0.717, 1.165) is 23.5 Å². The van der Waals surface area contributed by atoms with Crippen LogP contribution in [0.2, 0.25) is 0 Å². The molecule has 0 aliphatic rings. The number of hydrogen-bond acceptors (Lipinski definition) is 7. The molecule has 10 heteroatoms. The summed E-state index contributed by atoms with van der Waals surface area (Å²) < 4.78 is 31.4. The van der Waals surface area contributed by atoms with Gasteiger partial charge in [0.05, 0.1) is 11.5 Å². The molecule has 1 aromatic heterocycles. The molecule has 0 spiro atoms. The first kappa shape index (κ1) is 18.6. The molecule has 0 atom stereocenters. The van der Waals surface area contributed by atoms with Crippen molar-refractivity contribution >= 4 is 44.1 Å². The highest BCUT2D eigenvalue weighted by Crippen LogP contribution is 2.19. The molecule has 1 aromatic carbocycles. The predicted molar refractivity (Wildman–Crippen MR) is 93.8 cm³/mol. The number of benzene rings is 1. The molecule has 0 saturated heterocycles. The van der Waals surface area contributed by atoms with E-state index in [4.69, 9.17) is 0 Å². The number of anilines is 2. The maximum absolute atomic E-state index is 12.2. The van der Waals surface area contributed by atoms with E-state index in [-0.39, 0.29) is 16.6 Å². The number of nitrogens with zero attached hydrogens (tertiary/aromatic N) is 1. The second-order valence-electron chi connectivity index (χ2n) is 4.54. The van der Waals surface area contributed by atoms with Crippen molar-refractivity contribution in [3.63, 3.8) is 0 Å². The lowest BCUT2D eigenvalue weighted by Crippen LogP contribution is -2.13. The Morgan fingerprint density at radius 1 is 1.24 bits per heavy atom. The molecule has 25 heavy (non-hydrogen) atoms. The van der Waals surface area contributed by atoms with E-state index in [9.17, 15) is 18.0 Å². The van der Waals surface area contributed by atoms with Crippen LogP contribution in [0.3, 0.4) is 0 Å². The number of carbonyl (C=O) groups is 2. The van der Waals surface area contributed by atoms with Crippen molar-refractivity contribution in [2.75, 3.05) is 16.6 Å². The Morgan fingerprint density at radius 3 is 2.56 bits per heavy atom. The summed E-state index contributed by atoms with van der Waals surface area (Å²) in [7, 11) is -3.75. The number of nitrogens with one attached hydrogen (secondary N) is 2. The van der Waals surface area contributed by atoms with Crippen molar-refractivity contribution in [1.29, 1.82) is 0 Å². The second kappa shape index (κ2) is 8.40. The predicted octanol–water partition coefficient (Wildman–Crippen LogP) is 2.00. The molecule has 0 saturated carbocycles. The second-order valence-corrected chi connectivity index (χ2v) is 7.12. The van der Waals surface area contributed by atoms with Gasteiger partial charge >= 0.3 is 5.97 Å². The van der Waals surface area contributed by atoms with Gasteiger partial charge in [0.1, 0.15) is 0 Å². The number of aromatic nitrogens is 1. The zero-order valence-electron chi connectivity index (χ0n) is 13.1. The summed E-state index contributed by atoms with van der Waals surface area (Å²) in [5, 5.41) is 4.42. The number of rotatable bonds is 7. The van der Waals surface area contributed by atoms with Crippen LogP contribution in [0, 0.1) is 0 Å². The third-order valence-electron chi connectivity index (χ3n) is 2.74. The van der Waals surface area contributed by atoms with E-state index in [1.165, 1.54) is 30.5 Å². The van der Waals surface area contributed by atoms with E-state index in [1.807, 2.05) is 0 Å². The van der Waals surface area contributed by atoms with Crippen LogP contribution in [-0.2, 0) is 24.3 Å². The number of ether oxygens (including phenoxy) is 1. The molecule has 2 aromatic rings. The van der Waals surface area contributed by atoms with E-state index < -0.39 is 21.9 Å².